The molecule has 4 nitrogen and oxygen atoms in total. The molecule has 0 N–H and O–H groups in total. The maximum Gasteiger partial charge on any atom is 0.322 e. The molecule has 1 aromatic carbocycles. The standard InChI is InChI=1S/C14H18O4/c1-14(12(15)17-2,13(16)18-3)10-9-11-7-5-4-6-8-11/h4-8H,9-10H2,1-3H3. The van der Waals surface area contributed by atoms with Gasteiger partial charge in [0.25, 0.3) is 0 Å². The number of benzene rings is 1. The van der Waals surface area contributed by atoms with E-state index in [0.29, 0.717) is 12.8 Å². The van der Waals surface area contributed by atoms with Crippen molar-refractivity contribution < 1.29 is 19.1 Å². The fraction of sp³-hybridized carbons (Fsp3) is 0.429. The number of carbonyl (C=O) groups excluding carboxylic acids is 2. The minimum Gasteiger partial charge on any atom is -0.468 e. The predicted octanol–water partition coefficient (Wildman–Crippen LogP) is 1.97. The van der Waals surface area contributed by atoms with Crippen molar-refractivity contribution in [1.82, 2.24) is 0 Å². The molecule has 0 heterocycles. The van der Waals surface area contributed by atoms with Crippen LogP contribution in [0.5, 0.6) is 0 Å². The topological polar surface area (TPSA) is 52.6 Å². The van der Waals surface area contributed by atoms with Crippen LogP contribution in [0.4, 0.5) is 0 Å². The Morgan fingerprint density at radius 2 is 1.56 bits per heavy atom. The van der Waals surface area contributed by atoms with Crippen LogP contribution in [-0.4, -0.2) is 26.2 Å². The molecule has 0 unspecified atom stereocenters. The Morgan fingerprint density at radius 1 is 1.06 bits per heavy atom. The lowest BCUT2D eigenvalue weighted by Gasteiger charge is -2.23. The Morgan fingerprint density at radius 3 is 2.00 bits per heavy atom. The summed E-state index contributed by atoms with van der Waals surface area (Å²) in [6.07, 6.45) is 0.970. The van der Waals surface area contributed by atoms with Crippen LogP contribution in [0.1, 0.15) is 18.9 Å². The number of esters is 2. The van der Waals surface area contributed by atoms with E-state index in [0.717, 1.165) is 5.56 Å². The van der Waals surface area contributed by atoms with Crippen LogP contribution >= 0.6 is 0 Å². The lowest BCUT2D eigenvalue weighted by molar-refractivity contribution is -0.168. The van der Waals surface area contributed by atoms with Gasteiger partial charge in [-0.05, 0) is 25.3 Å². The minimum absolute atomic E-state index is 0.357. The first kappa shape index (κ1) is 14.2. The van der Waals surface area contributed by atoms with Gasteiger partial charge in [0, 0.05) is 0 Å². The molecular formula is C14H18O4. The van der Waals surface area contributed by atoms with Gasteiger partial charge in [0.1, 0.15) is 0 Å². The second-order valence-electron chi connectivity index (χ2n) is 4.30. The Balaban J connectivity index is 2.80. The highest BCUT2D eigenvalue weighted by Crippen LogP contribution is 2.27. The van der Waals surface area contributed by atoms with Crippen molar-refractivity contribution in [2.75, 3.05) is 14.2 Å². The van der Waals surface area contributed by atoms with Crippen molar-refractivity contribution >= 4 is 11.9 Å². The van der Waals surface area contributed by atoms with E-state index in [-0.39, 0.29) is 0 Å². The summed E-state index contributed by atoms with van der Waals surface area (Å²) >= 11 is 0. The van der Waals surface area contributed by atoms with Crippen molar-refractivity contribution in [2.24, 2.45) is 5.41 Å². The molecule has 0 aliphatic carbocycles. The predicted molar refractivity (Wildman–Crippen MR) is 66.9 cm³/mol. The maximum atomic E-state index is 11.7. The lowest BCUT2D eigenvalue weighted by Crippen LogP contribution is -2.38. The first-order valence-corrected chi connectivity index (χ1v) is 5.75. The van der Waals surface area contributed by atoms with Crippen LogP contribution in [0.3, 0.4) is 0 Å². The molecule has 0 aromatic heterocycles. The summed E-state index contributed by atoms with van der Waals surface area (Å²) in [6.45, 7) is 1.55. The maximum absolute atomic E-state index is 11.7. The monoisotopic (exact) mass is 250 g/mol. The van der Waals surface area contributed by atoms with Gasteiger partial charge in [0.2, 0.25) is 0 Å². The number of carbonyl (C=O) groups is 2. The molecule has 0 amide bonds. The zero-order valence-corrected chi connectivity index (χ0v) is 10.9. The van der Waals surface area contributed by atoms with Crippen LogP contribution in [0.15, 0.2) is 30.3 Å². The van der Waals surface area contributed by atoms with Gasteiger partial charge in [0.05, 0.1) is 14.2 Å². The average molecular weight is 250 g/mol. The van der Waals surface area contributed by atoms with E-state index in [1.807, 2.05) is 30.3 Å². The summed E-state index contributed by atoms with van der Waals surface area (Å²) in [4.78, 5) is 23.5. The zero-order valence-electron chi connectivity index (χ0n) is 10.9. The van der Waals surface area contributed by atoms with E-state index in [9.17, 15) is 9.59 Å². The fourth-order valence-electron chi connectivity index (χ4n) is 1.78. The SMILES string of the molecule is COC(=O)C(C)(CCc1ccccc1)C(=O)OC. The molecule has 18 heavy (non-hydrogen) atoms. The number of methoxy groups -OCH3 is 2. The summed E-state index contributed by atoms with van der Waals surface area (Å²) in [5.74, 6) is -1.13. The van der Waals surface area contributed by atoms with Crippen molar-refractivity contribution in [3.05, 3.63) is 35.9 Å². The molecule has 1 rings (SSSR count). The molecule has 0 spiro atoms. The highest BCUT2D eigenvalue weighted by Gasteiger charge is 2.43. The van der Waals surface area contributed by atoms with Gasteiger partial charge >= 0.3 is 11.9 Å². The molecule has 0 saturated carbocycles. The smallest absolute Gasteiger partial charge is 0.322 e. The van der Waals surface area contributed by atoms with E-state index in [1.165, 1.54) is 14.2 Å². The summed E-state index contributed by atoms with van der Waals surface area (Å²) in [7, 11) is 2.54. The van der Waals surface area contributed by atoms with Crippen LogP contribution in [0.2, 0.25) is 0 Å². The molecule has 1 aromatic rings. The third-order valence-electron chi connectivity index (χ3n) is 3.03. The molecule has 0 radical (unpaired) electrons. The van der Waals surface area contributed by atoms with Crippen molar-refractivity contribution in [3.8, 4) is 0 Å². The summed E-state index contributed by atoms with van der Waals surface area (Å²) < 4.78 is 9.37. The number of aryl methyl sites for hydroxylation is 1. The van der Waals surface area contributed by atoms with Crippen LogP contribution in [-0.2, 0) is 25.5 Å². The molecule has 4 heteroatoms. The Kier molecular flexibility index (Phi) is 4.89. The third kappa shape index (κ3) is 3.09. The summed E-state index contributed by atoms with van der Waals surface area (Å²) in [5.41, 5.74) is -0.184. The minimum atomic E-state index is -1.25. The second kappa shape index (κ2) is 6.19. The summed E-state index contributed by atoms with van der Waals surface area (Å²) in [5, 5.41) is 0. The number of hydrogen-bond donors (Lipinski definition) is 0. The molecule has 0 aliphatic heterocycles. The van der Waals surface area contributed by atoms with Gasteiger partial charge in [-0.25, -0.2) is 0 Å². The highest BCUT2D eigenvalue weighted by molar-refractivity contribution is 5.99. The molecule has 0 saturated heterocycles. The molecule has 0 fully saturated rings. The number of ether oxygens (including phenoxy) is 2. The Hall–Kier alpha value is -1.84. The van der Waals surface area contributed by atoms with Gasteiger partial charge in [-0.2, -0.15) is 0 Å². The molecule has 0 bridgehead atoms. The van der Waals surface area contributed by atoms with Crippen LogP contribution < -0.4 is 0 Å². The lowest BCUT2D eigenvalue weighted by atomic mass is 9.84. The first-order valence-electron chi connectivity index (χ1n) is 5.75. The zero-order chi connectivity index (χ0) is 13.6. The molecule has 98 valence electrons. The molecule has 0 aliphatic rings. The van der Waals surface area contributed by atoms with E-state index >= 15 is 0 Å². The van der Waals surface area contributed by atoms with E-state index in [4.69, 9.17) is 0 Å². The van der Waals surface area contributed by atoms with Gasteiger partial charge < -0.3 is 9.47 Å². The Labute approximate surface area is 107 Å². The first-order chi connectivity index (χ1) is 8.54. The van der Waals surface area contributed by atoms with E-state index in [1.54, 1.807) is 6.92 Å². The quantitative estimate of drug-likeness (QED) is 0.592. The van der Waals surface area contributed by atoms with E-state index < -0.39 is 17.4 Å². The highest BCUT2D eigenvalue weighted by atomic mass is 16.5. The molecular weight excluding hydrogens is 232 g/mol. The van der Waals surface area contributed by atoms with Crippen LogP contribution in [0, 0.1) is 5.41 Å². The second-order valence-corrected chi connectivity index (χ2v) is 4.30. The van der Waals surface area contributed by atoms with E-state index in [2.05, 4.69) is 9.47 Å². The average Bonchev–Trinajstić information content (AvgIpc) is 2.43. The number of hydrogen-bond acceptors (Lipinski definition) is 4. The van der Waals surface area contributed by atoms with Crippen molar-refractivity contribution in [1.29, 1.82) is 0 Å². The third-order valence-corrected chi connectivity index (χ3v) is 3.03. The van der Waals surface area contributed by atoms with Crippen LogP contribution in [0.25, 0.3) is 0 Å². The Bertz CT molecular complexity index is 395. The fourth-order valence-corrected chi connectivity index (χ4v) is 1.78. The largest absolute Gasteiger partial charge is 0.468 e. The molecule has 0 atom stereocenters. The summed E-state index contributed by atoms with van der Waals surface area (Å²) in [6, 6.07) is 9.67. The van der Waals surface area contributed by atoms with Gasteiger partial charge in [-0.15, -0.1) is 0 Å². The van der Waals surface area contributed by atoms with Gasteiger partial charge in [0.15, 0.2) is 5.41 Å². The van der Waals surface area contributed by atoms with Crippen molar-refractivity contribution in [3.63, 3.8) is 0 Å². The number of rotatable bonds is 5. The van der Waals surface area contributed by atoms with Crippen molar-refractivity contribution in [2.45, 2.75) is 19.8 Å². The van der Waals surface area contributed by atoms with Gasteiger partial charge in [-0.1, -0.05) is 30.3 Å². The van der Waals surface area contributed by atoms with Gasteiger partial charge in [-0.3, -0.25) is 9.59 Å². The normalized spacial score (nSPS) is 10.8.